The average molecular weight is 298 g/mol. The lowest BCUT2D eigenvalue weighted by Crippen LogP contribution is -2.11. The molecule has 1 fully saturated rings. The maximum Gasteiger partial charge on any atom is 0.192 e. The highest BCUT2D eigenvalue weighted by Crippen LogP contribution is 2.29. The molecule has 0 radical (unpaired) electrons. The minimum absolute atomic E-state index is 0.103. The molecule has 0 aromatic carbocycles. The number of rotatable bonds is 5. The van der Waals surface area contributed by atoms with Crippen molar-refractivity contribution in [1.29, 1.82) is 5.26 Å². The predicted octanol–water partition coefficient (Wildman–Crippen LogP) is 0.982. The van der Waals surface area contributed by atoms with E-state index in [-0.39, 0.29) is 23.2 Å². The summed E-state index contributed by atoms with van der Waals surface area (Å²) in [6.07, 6.45) is 2.30. The molecule has 1 atom stereocenters. The lowest BCUT2D eigenvalue weighted by Gasteiger charge is -2.10. The summed E-state index contributed by atoms with van der Waals surface area (Å²) in [6.45, 7) is 4.20. The molecular weight excluding hydrogens is 284 g/mol. The van der Waals surface area contributed by atoms with Crippen LogP contribution in [0.15, 0.2) is 17.8 Å². The number of nitriles is 1. The van der Waals surface area contributed by atoms with Gasteiger partial charge in [0, 0.05) is 12.5 Å². The van der Waals surface area contributed by atoms with Gasteiger partial charge < -0.3 is 4.57 Å². The van der Waals surface area contributed by atoms with Gasteiger partial charge in [0.2, 0.25) is 0 Å². The Morgan fingerprint density at radius 1 is 1.58 bits per heavy atom. The fourth-order valence-electron chi connectivity index (χ4n) is 2.10. The summed E-state index contributed by atoms with van der Waals surface area (Å²) in [6, 6.07) is 2.04. The third-order valence-corrected chi connectivity index (χ3v) is 5.52. The van der Waals surface area contributed by atoms with Crippen LogP contribution in [-0.2, 0) is 16.4 Å². The Bertz CT molecular complexity index is 615. The second-order valence-corrected chi connectivity index (χ2v) is 7.46. The summed E-state index contributed by atoms with van der Waals surface area (Å²) in [4.78, 5) is 0. The fraction of sp³-hybridized carbons (Fsp3) is 0.545. The molecule has 0 amide bonds. The lowest BCUT2D eigenvalue weighted by atomic mass is 10.1. The largest absolute Gasteiger partial charge is 0.302 e. The average Bonchev–Trinajstić information content (AvgIpc) is 2.91. The Morgan fingerprint density at radius 3 is 2.95 bits per heavy atom. The Kier molecular flexibility index (Phi) is 4.27. The molecule has 6 nitrogen and oxygen atoms in total. The molecule has 0 unspecified atom stereocenters. The van der Waals surface area contributed by atoms with E-state index in [1.807, 2.05) is 10.6 Å². The number of sulfone groups is 1. The zero-order chi connectivity index (χ0) is 13.9. The smallest absolute Gasteiger partial charge is 0.192 e. The molecule has 8 heteroatoms. The molecule has 0 aliphatic carbocycles. The molecule has 1 aromatic rings. The van der Waals surface area contributed by atoms with Gasteiger partial charge in [0.15, 0.2) is 15.0 Å². The second-order valence-electron chi connectivity index (χ2n) is 4.29. The van der Waals surface area contributed by atoms with Crippen molar-refractivity contribution in [2.45, 2.75) is 24.0 Å². The third-order valence-electron chi connectivity index (χ3n) is 2.92. The van der Waals surface area contributed by atoms with Gasteiger partial charge in [0.05, 0.1) is 23.3 Å². The summed E-state index contributed by atoms with van der Waals surface area (Å²) in [5.74, 6) is 1.21. The SMILES string of the molecule is C=CCn1c(SCC#N)nnc1[C@H]1CCS(=O)(=O)C1. The topological polar surface area (TPSA) is 88.6 Å². The Morgan fingerprint density at radius 2 is 2.37 bits per heavy atom. The minimum Gasteiger partial charge on any atom is -0.302 e. The maximum absolute atomic E-state index is 11.5. The van der Waals surface area contributed by atoms with Gasteiger partial charge in [-0.05, 0) is 6.42 Å². The van der Waals surface area contributed by atoms with Gasteiger partial charge >= 0.3 is 0 Å². The van der Waals surface area contributed by atoms with Crippen molar-refractivity contribution < 1.29 is 8.42 Å². The Labute approximate surface area is 116 Å². The van der Waals surface area contributed by atoms with E-state index in [0.717, 1.165) is 0 Å². The molecule has 0 bridgehead atoms. The molecule has 1 saturated heterocycles. The molecule has 0 N–H and O–H groups in total. The van der Waals surface area contributed by atoms with Crippen LogP contribution in [0.25, 0.3) is 0 Å². The molecule has 19 heavy (non-hydrogen) atoms. The molecule has 1 aliphatic heterocycles. The van der Waals surface area contributed by atoms with Gasteiger partial charge in [-0.2, -0.15) is 5.26 Å². The fourth-order valence-corrected chi connectivity index (χ4v) is 4.46. The van der Waals surface area contributed by atoms with Gasteiger partial charge in [-0.3, -0.25) is 0 Å². The number of hydrogen-bond donors (Lipinski definition) is 0. The van der Waals surface area contributed by atoms with Gasteiger partial charge in [-0.25, -0.2) is 8.42 Å². The monoisotopic (exact) mass is 298 g/mol. The summed E-state index contributed by atoms with van der Waals surface area (Å²) in [5, 5.41) is 17.4. The third kappa shape index (κ3) is 3.16. The Balaban J connectivity index is 2.28. The molecular formula is C11H14N4O2S2. The summed E-state index contributed by atoms with van der Waals surface area (Å²) in [7, 11) is -2.95. The number of hydrogen-bond acceptors (Lipinski definition) is 6. The zero-order valence-corrected chi connectivity index (χ0v) is 12.0. The molecule has 1 aliphatic rings. The summed E-state index contributed by atoms with van der Waals surface area (Å²) < 4.78 is 24.9. The highest BCUT2D eigenvalue weighted by Gasteiger charge is 2.33. The van der Waals surface area contributed by atoms with E-state index in [9.17, 15) is 8.42 Å². The van der Waals surface area contributed by atoms with Crippen molar-refractivity contribution in [1.82, 2.24) is 14.8 Å². The summed E-state index contributed by atoms with van der Waals surface area (Å²) in [5.41, 5.74) is 0. The van der Waals surface area contributed by atoms with E-state index < -0.39 is 9.84 Å². The van der Waals surface area contributed by atoms with Crippen LogP contribution in [0.1, 0.15) is 18.2 Å². The van der Waals surface area contributed by atoms with E-state index >= 15 is 0 Å². The lowest BCUT2D eigenvalue weighted by molar-refractivity contribution is 0.597. The van der Waals surface area contributed by atoms with Crippen LogP contribution in [-0.4, -0.2) is 40.4 Å². The van der Waals surface area contributed by atoms with Crippen molar-refractivity contribution in [2.75, 3.05) is 17.3 Å². The number of thioether (sulfide) groups is 1. The molecule has 2 rings (SSSR count). The van der Waals surface area contributed by atoms with E-state index in [2.05, 4.69) is 16.8 Å². The summed E-state index contributed by atoms with van der Waals surface area (Å²) >= 11 is 1.30. The molecule has 0 spiro atoms. The highest BCUT2D eigenvalue weighted by molar-refractivity contribution is 7.99. The van der Waals surface area contributed by atoms with Crippen molar-refractivity contribution in [3.8, 4) is 6.07 Å². The zero-order valence-electron chi connectivity index (χ0n) is 10.3. The van der Waals surface area contributed by atoms with Crippen LogP contribution in [0.4, 0.5) is 0 Å². The normalized spacial score (nSPS) is 21.1. The van der Waals surface area contributed by atoms with Gasteiger partial charge in [0.1, 0.15) is 5.82 Å². The minimum atomic E-state index is -2.95. The number of allylic oxidation sites excluding steroid dienone is 1. The highest BCUT2D eigenvalue weighted by atomic mass is 32.2. The molecule has 2 heterocycles. The first-order valence-electron chi connectivity index (χ1n) is 5.81. The second kappa shape index (κ2) is 5.75. The van der Waals surface area contributed by atoms with Gasteiger partial charge in [0.25, 0.3) is 0 Å². The van der Waals surface area contributed by atoms with Crippen LogP contribution in [0.2, 0.25) is 0 Å². The molecule has 102 valence electrons. The first-order valence-corrected chi connectivity index (χ1v) is 8.62. The van der Waals surface area contributed by atoms with Crippen LogP contribution in [0.3, 0.4) is 0 Å². The first kappa shape index (κ1) is 14.1. The quantitative estimate of drug-likeness (QED) is 0.595. The van der Waals surface area contributed by atoms with E-state index in [1.54, 1.807) is 6.08 Å². The molecule has 1 aromatic heterocycles. The standard InChI is InChI=1S/C11H14N4O2S2/c1-2-5-15-10(9-3-7-19(16,17)8-9)13-14-11(15)18-6-4-12/h2,9H,1,3,5-8H2/t9-/m0/s1. The van der Waals surface area contributed by atoms with Crippen molar-refractivity contribution in [3.63, 3.8) is 0 Å². The van der Waals surface area contributed by atoms with Crippen LogP contribution >= 0.6 is 11.8 Å². The predicted molar refractivity (Wildman–Crippen MR) is 72.6 cm³/mol. The van der Waals surface area contributed by atoms with Crippen molar-refractivity contribution in [2.24, 2.45) is 0 Å². The van der Waals surface area contributed by atoms with Gasteiger partial charge in [-0.1, -0.05) is 17.8 Å². The van der Waals surface area contributed by atoms with E-state index in [1.165, 1.54) is 11.8 Å². The van der Waals surface area contributed by atoms with Crippen molar-refractivity contribution >= 4 is 21.6 Å². The molecule has 0 saturated carbocycles. The van der Waals surface area contributed by atoms with E-state index in [4.69, 9.17) is 5.26 Å². The van der Waals surface area contributed by atoms with E-state index in [0.29, 0.717) is 23.9 Å². The number of nitrogens with zero attached hydrogens (tertiary/aromatic N) is 4. The van der Waals surface area contributed by atoms with Gasteiger partial charge in [-0.15, -0.1) is 16.8 Å². The number of aromatic nitrogens is 3. The van der Waals surface area contributed by atoms with Crippen LogP contribution in [0, 0.1) is 11.3 Å². The van der Waals surface area contributed by atoms with Crippen LogP contribution in [0.5, 0.6) is 0 Å². The van der Waals surface area contributed by atoms with Crippen molar-refractivity contribution in [3.05, 3.63) is 18.5 Å². The van der Waals surface area contributed by atoms with Crippen LogP contribution < -0.4 is 0 Å². The maximum atomic E-state index is 11.5. The Hall–Kier alpha value is -1.33. The first-order chi connectivity index (χ1) is 9.07.